The number of carbonyl (C=O) groups is 4. The number of aliphatic carboxylic acids is 1. The molecule has 1 heterocycles. The van der Waals surface area contributed by atoms with Gasteiger partial charge in [-0.15, -0.1) is 0 Å². The quantitative estimate of drug-likeness (QED) is 0.174. The third-order valence-electron chi connectivity index (χ3n) is 4.08. The van der Waals surface area contributed by atoms with Crippen LogP contribution in [0.4, 0.5) is 0 Å². The number of carboxylic acid groups (broad SMARTS) is 1. The van der Waals surface area contributed by atoms with Gasteiger partial charge in [-0.05, 0) is 32.7 Å². The highest BCUT2D eigenvalue weighted by atomic mass is 16.4. The Morgan fingerprint density at radius 1 is 1.17 bits per heavy atom. The molecule has 12 heteroatoms. The van der Waals surface area contributed by atoms with Crippen molar-refractivity contribution >= 4 is 23.7 Å². The zero-order chi connectivity index (χ0) is 21.8. The van der Waals surface area contributed by atoms with Crippen molar-refractivity contribution in [2.45, 2.75) is 50.7 Å². The van der Waals surface area contributed by atoms with Gasteiger partial charge in [0.25, 0.3) is 0 Å². The van der Waals surface area contributed by atoms with Gasteiger partial charge < -0.3 is 37.5 Å². The number of nitrogens with zero attached hydrogens (tertiary/aromatic N) is 1. The monoisotopic (exact) mass is 411 g/mol. The van der Waals surface area contributed by atoms with E-state index in [9.17, 15) is 19.2 Å². The van der Waals surface area contributed by atoms with Gasteiger partial charge in [-0.25, -0.2) is 4.98 Å². The van der Waals surface area contributed by atoms with Gasteiger partial charge in [0.15, 0.2) is 0 Å². The Morgan fingerprint density at radius 2 is 1.90 bits per heavy atom. The number of imidazole rings is 1. The summed E-state index contributed by atoms with van der Waals surface area (Å²) in [5, 5.41) is 16.0. The molecule has 3 atom stereocenters. The Morgan fingerprint density at radius 3 is 2.48 bits per heavy atom. The molecule has 0 fully saturated rings. The van der Waals surface area contributed by atoms with Crippen LogP contribution in [0.1, 0.15) is 31.9 Å². The molecule has 0 radical (unpaired) electrons. The lowest BCUT2D eigenvalue weighted by Crippen LogP contribution is -2.55. The van der Waals surface area contributed by atoms with E-state index in [-0.39, 0.29) is 12.8 Å². The average molecular weight is 411 g/mol. The number of nitrogens with two attached hydrogens (primary N) is 2. The van der Waals surface area contributed by atoms with E-state index in [0.717, 1.165) is 0 Å². The van der Waals surface area contributed by atoms with Crippen molar-refractivity contribution in [2.24, 2.45) is 11.5 Å². The summed E-state index contributed by atoms with van der Waals surface area (Å²) in [5.74, 6) is -2.93. The molecule has 1 aromatic rings. The Hall–Kier alpha value is -2.99. The molecule has 29 heavy (non-hydrogen) atoms. The van der Waals surface area contributed by atoms with Crippen LogP contribution in [0, 0.1) is 0 Å². The van der Waals surface area contributed by atoms with Crippen LogP contribution in [0.15, 0.2) is 12.5 Å². The number of nitrogens with one attached hydrogen (secondary N) is 4. The number of hydrogen-bond acceptors (Lipinski definition) is 7. The molecule has 0 bridgehead atoms. The van der Waals surface area contributed by atoms with Crippen molar-refractivity contribution in [3.63, 3.8) is 0 Å². The fraction of sp³-hybridized carbons (Fsp3) is 0.588. The minimum atomic E-state index is -1.20. The molecule has 3 amide bonds. The van der Waals surface area contributed by atoms with E-state index >= 15 is 0 Å². The standard InChI is InChI=1S/C17H29N7O5/c1-10(23-16(28)12(19)6-11-7-20-9-22-11)15(27)24-13(4-2-3-5-18)17(29)21-8-14(25)26/h7,9-10,12-13H,2-6,8,18-19H2,1H3,(H,20,22)(H,21,29)(H,23,28)(H,24,27)(H,25,26). The Labute approximate surface area is 168 Å². The van der Waals surface area contributed by atoms with Crippen LogP contribution in [0.5, 0.6) is 0 Å². The zero-order valence-electron chi connectivity index (χ0n) is 16.3. The topological polar surface area (TPSA) is 205 Å². The molecular weight excluding hydrogens is 382 g/mol. The number of carboxylic acids is 1. The lowest BCUT2D eigenvalue weighted by Gasteiger charge is -2.22. The molecule has 0 aromatic carbocycles. The average Bonchev–Trinajstić information content (AvgIpc) is 3.18. The molecule has 9 N–H and O–H groups in total. The van der Waals surface area contributed by atoms with Crippen LogP contribution in [0.25, 0.3) is 0 Å². The first kappa shape index (κ1) is 24.0. The number of amides is 3. The maximum atomic E-state index is 12.4. The van der Waals surface area contributed by atoms with Gasteiger partial charge in [0.2, 0.25) is 17.7 Å². The fourth-order valence-corrected chi connectivity index (χ4v) is 2.46. The van der Waals surface area contributed by atoms with Crippen LogP contribution in [-0.2, 0) is 25.6 Å². The summed E-state index contributed by atoms with van der Waals surface area (Å²) in [6.07, 6.45) is 4.74. The summed E-state index contributed by atoms with van der Waals surface area (Å²) in [4.78, 5) is 54.1. The van der Waals surface area contributed by atoms with Crippen LogP contribution in [0.2, 0.25) is 0 Å². The zero-order valence-corrected chi connectivity index (χ0v) is 16.3. The first-order valence-corrected chi connectivity index (χ1v) is 9.27. The number of hydrogen-bond donors (Lipinski definition) is 7. The number of aromatic amines is 1. The van der Waals surface area contributed by atoms with E-state index in [4.69, 9.17) is 16.6 Å². The second-order valence-corrected chi connectivity index (χ2v) is 6.57. The predicted molar refractivity (Wildman–Crippen MR) is 103 cm³/mol. The van der Waals surface area contributed by atoms with Crippen LogP contribution in [0.3, 0.4) is 0 Å². The molecular formula is C17H29N7O5. The first-order chi connectivity index (χ1) is 13.7. The Kier molecular flexibility index (Phi) is 10.3. The Balaban J connectivity index is 2.59. The van der Waals surface area contributed by atoms with Gasteiger partial charge in [0.05, 0.1) is 12.4 Å². The maximum Gasteiger partial charge on any atom is 0.322 e. The second kappa shape index (κ2) is 12.5. The van der Waals surface area contributed by atoms with Crippen LogP contribution in [-0.4, -0.2) is 70.0 Å². The fourth-order valence-electron chi connectivity index (χ4n) is 2.46. The molecule has 0 saturated carbocycles. The lowest BCUT2D eigenvalue weighted by atomic mass is 10.1. The highest BCUT2D eigenvalue weighted by molar-refractivity contribution is 5.93. The van der Waals surface area contributed by atoms with Gasteiger partial charge in [-0.2, -0.15) is 0 Å². The van der Waals surface area contributed by atoms with Gasteiger partial charge in [-0.1, -0.05) is 0 Å². The largest absolute Gasteiger partial charge is 0.480 e. The van der Waals surface area contributed by atoms with Gasteiger partial charge in [-0.3, -0.25) is 19.2 Å². The number of unbranched alkanes of at least 4 members (excludes halogenated alkanes) is 1. The summed E-state index contributed by atoms with van der Waals surface area (Å²) in [6, 6.07) is -2.77. The third-order valence-corrected chi connectivity index (χ3v) is 4.08. The summed E-state index contributed by atoms with van der Waals surface area (Å²) < 4.78 is 0. The summed E-state index contributed by atoms with van der Waals surface area (Å²) in [5.41, 5.74) is 12.0. The number of aromatic nitrogens is 2. The molecule has 1 rings (SSSR count). The molecule has 1 aromatic heterocycles. The number of rotatable bonds is 13. The van der Waals surface area contributed by atoms with Crippen molar-refractivity contribution in [3.8, 4) is 0 Å². The van der Waals surface area contributed by atoms with E-state index in [2.05, 4.69) is 25.9 Å². The molecule has 3 unspecified atom stereocenters. The molecule has 0 saturated heterocycles. The summed E-state index contributed by atoms with van der Waals surface area (Å²) in [6.45, 7) is 1.33. The minimum Gasteiger partial charge on any atom is -0.480 e. The molecule has 0 aliphatic rings. The predicted octanol–water partition coefficient (Wildman–Crippen LogP) is -2.40. The molecule has 12 nitrogen and oxygen atoms in total. The Bertz CT molecular complexity index is 680. The van der Waals surface area contributed by atoms with Crippen molar-refractivity contribution in [2.75, 3.05) is 13.1 Å². The van der Waals surface area contributed by atoms with E-state index in [0.29, 0.717) is 25.1 Å². The van der Waals surface area contributed by atoms with Gasteiger partial charge >= 0.3 is 5.97 Å². The molecule has 0 aliphatic carbocycles. The SMILES string of the molecule is CC(NC(=O)C(N)Cc1cnc[nH]1)C(=O)NC(CCCCN)C(=O)NCC(=O)O. The van der Waals surface area contributed by atoms with E-state index in [1.54, 1.807) is 6.20 Å². The van der Waals surface area contributed by atoms with Crippen molar-refractivity contribution in [3.05, 3.63) is 18.2 Å². The number of H-pyrrole nitrogens is 1. The molecule has 162 valence electrons. The van der Waals surface area contributed by atoms with Gasteiger partial charge in [0.1, 0.15) is 18.6 Å². The van der Waals surface area contributed by atoms with Crippen LogP contribution < -0.4 is 27.4 Å². The third kappa shape index (κ3) is 9.17. The lowest BCUT2D eigenvalue weighted by molar-refractivity contribution is -0.138. The highest BCUT2D eigenvalue weighted by Crippen LogP contribution is 2.02. The van der Waals surface area contributed by atoms with Crippen molar-refractivity contribution in [1.82, 2.24) is 25.9 Å². The highest BCUT2D eigenvalue weighted by Gasteiger charge is 2.25. The molecule has 0 aliphatic heterocycles. The van der Waals surface area contributed by atoms with Gasteiger partial charge in [0, 0.05) is 18.3 Å². The van der Waals surface area contributed by atoms with Crippen molar-refractivity contribution in [1.29, 1.82) is 0 Å². The summed E-state index contributed by atoms with van der Waals surface area (Å²) >= 11 is 0. The number of carbonyl (C=O) groups excluding carboxylic acids is 3. The minimum absolute atomic E-state index is 0.222. The maximum absolute atomic E-state index is 12.4. The van der Waals surface area contributed by atoms with E-state index in [1.807, 2.05) is 0 Å². The van der Waals surface area contributed by atoms with Crippen molar-refractivity contribution < 1.29 is 24.3 Å². The first-order valence-electron chi connectivity index (χ1n) is 9.27. The van der Waals surface area contributed by atoms with E-state index in [1.165, 1.54) is 13.3 Å². The van der Waals surface area contributed by atoms with E-state index < -0.39 is 48.4 Å². The summed E-state index contributed by atoms with van der Waals surface area (Å²) in [7, 11) is 0. The smallest absolute Gasteiger partial charge is 0.322 e. The van der Waals surface area contributed by atoms with Crippen LogP contribution >= 0.6 is 0 Å². The normalized spacial score (nSPS) is 13.8. The molecule has 0 spiro atoms. The second-order valence-electron chi connectivity index (χ2n) is 6.57.